The number of fused-ring (bicyclic) bond motifs is 2. The van der Waals surface area contributed by atoms with Crippen LogP contribution in [0.25, 0.3) is 27.9 Å². The van der Waals surface area contributed by atoms with Crippen LogP contribution in [0.2, 0.25) is 0 Å². The van der Waals surface area contributed by atoms with Crippen molar-refractivity contribution in [2.75, 3.05) is 42.6 Å². The number of phenols is 1. The number of piperazine rings is 1. The Balaban J connectivity index is 1.44. The number of nitrogens with zero attached hydrogens (tertiary/aromatic N) is 8. The zero-order chi connectivity index (χ0) is 27.8. The van der Waals surface area contributed by atoms with E-state index in [4.69, 9.17) is 14.7 Å². The third kappa shape index (κ3) is 4.53. The molecule has 1 saturated heterocycles. The second-order valence-electron chi connectivity index (χ2n) is 9.45. The van der Waals surface area contributed by atoms with Crippen LogP contribution in [0.3, 0.4) is 0 Å². The molecular formula is C28H28N8O4. The lowest BCUT2D eigenvalue weighted by Gasteiger charge is -2.36. The number of hydrogen-bond donors (Lipinski definition) is 2. The molecule has 3 aromatic heterocycles. The Labute approximate surface area is 229 Å². The lowest BCUT2D eigenvalue weighted by atomic mass is 10.2. The van der Waals surface area contributed by atoms with Crippen LogP contribution in [0.15, 0.2) is 67.2 Å². The van der Waals surface area contributed by atoms with Crippen molar-refractivity contribution in [3.63, 3.8) is 0 Å². The summed E-state index contributed by atoms with van der Waals surface area (Å²) in [5, 5.41) is 24.9. The van der Waals surface area contributed by atoms with E-state index in [0.29, 0.717) is 46.9 Å². The summed E-state index contributed by atoms with van der Waals surface area (Å²) in [5.41, 5.74) is 2.87. The largest absolute Gasteiger partial charge is 0.511 e. The van der Waals surface area contributed by atoms with Gasteiger partial charge in [-0.25, -0.2) is 14.5 Å². The van der Waals surface area contributed by atoms with Crippen LogP contribution in [-0.4, -0.2) is 78.3 Å². The second kappa shape index (κ2) is 10.2. The summed E-state index contributed by atoms with van der Waals surface area (Å²) in [4.78, 5) is 31.3. The molecule has 1 fully saturated rings. The number of anilines is 2. The highest BCUT2D eigenvalue weighted by Gasteiger charge is 2.26. The molecule has 2 N–H and O–H groups in total. The number of aromatic nitrogens is 6. The standard InChI is InChI=1S/C28H28N8O4/c1-3-40-27(39)23-21-6-4-5-7-22(21)36(32-23)26-24-25(29-17-35(24)16-18(2)37)30-28(31-26)34-14-12-33(13-15-34)19-8-10-20(38)11-9-19/h4-11,17,37-38H,2-3,12-16H2,1H3. The van der Waals surface area contributed by atoms with E-state index >= 15 is 0 Å². The van der Waals surface area contributed by atoms with Gasteiger partial charge in [0.05, 0.1) is 25.0 Å². The van der Waals surface area contributed by atoms with Crippen LogP contribution in [0, 0.1) is 0 Å². The molecule has 0 amide bonds. The van der Waals surface area contributed by atoms with Crippen molar-refractivity contribution < 1.29 is 19.7 Å². The first-order valence-electron chi connectivity index (χ1n) is 13.0. The van der Waals surface area contributed by atoms with Gasteiger partial charge >= 0.3 is 5.97 Å². The van der Waals surface area contributed by atoms with Gasteiger partial charge in [0.2, 0.25) is 5.95 Å². The Morgan fingerprint density at radius 1 is 1.02 bits per heavy atom. The van der Waals surface area contributed by atoms with Crippen molar-refractivity contribution in [2.24, 2.45) is 0 Å². The molecule has 0 bridgehead atoms. The number of carbonyl (C=O) groups is 1. The van der Waals surface area contributed by atoms with Gasteiger partial charge in [0.25, 0.3) is 0 Å². The summed E-state index contributed by atoms with van der Waals surface area (Å²) in [5.74, 6) is 0.575. The van der Waals surface area contributed by atoms with Gasteiger partial charge in [-0.05, 0) is 37.3 Å². The molecule has 5 aromatic rings. The molecule has 1 aliphatic heterocycles. The van der Waals surface area contributed by atoms with Crippen molar-refractivity contribution >= 4 is 39.7 Å². The highest BCUT2D eigenvalue weighted by atomic mass is 16.5. The maximum absolute atomic E-state index is 12.8. The highest BCUT2D eigenvalue weighted by molar-refractivity contribution is 6.03. The molecule has 0 aliphatic carbocycles. The average Bonchev–Trinajstić information content (AvgIpc) is 3.55. The molecule has 0 atom stereocenters. The molecule has 0 radical (unpaired) electrons. The fraction of sp³-hybridized carbons (Fsp3) is 0.250. The van der Waals surface area contributed by atoms with Gasteiger partial charge in [-0.2, -0.15) is 15.1 Å². The fourth-order valence-corrected chi connectivity index (χ4v) is 4.96. The highest BCUT2D eigenvalue weighted by Crippen LogP contribution is 2.29. The number of aromatic hydroxyl groups is 1. The molecule has 0 unspecified atom stereocenters. The van der Waals surface area contributed by atoms with E-state index in [1.165, 1.54) is 0 Å². The molecule has 1 aliphatic rings. The Kier molecular flexibility index (Phi) is 6.42. The first-order chi connectivity index (χ1) is 19.4. The molecule has 0 spiro atoms. The summed E-state index contributed by atoms with van der Waals surface area (Å²) in [6.07, 6.45) is 1.58. The minimum atomic E-state index is -0.523. The zero-order valence-electron chi connectivity index (χ0n) is 21.9. The third-order valence-electron chi connectivity index (χ3n) is 6.83. The minimum Gasteiger partial charge on any atom is -0.511 e. The van der Waals surface area contributed by atoms with Crippen LogP contribution in [0.1, 0.15) is 17.4 Å². The van der Waals surface area contributed by atoms with E-state index in [1.807, 2.05) is 36.4 Å². The van der Waals surface area contributed by atoms with Gasteiger partial charge in [-0.3, -0.25) is 0 Å². The maximum Gasteiger partial charge on any atom is 0.359 e. The van der Waals surface area contributed by atoms with Crippen LogP contribution in [-0.2, 0) is 11.3 Å². The van der Waals surface area contributed by atoms with E-state index in [2.05, 4.69) is 26.5 Å². The molecule has 6 rings (SSSR count). The van der Waals surface area contributed by atoms with E-state index < -0.39 is 5.97 Å². The number of esters is 1. The molecule has 12 nitrogen and oxygen atoms in total. The third-order valence-corrected chi connectivity index (χ3v) is 6.83. The fourth-order valence-electron chi connectivity index (χ4n) is 4.96. The predicted molar refractivity (Wildman–Crippen MR) is 150 cm³/mol. The second-order valence-corrected chi connectivity index (χ2v) is 9.45. The van der Waals surface area contributed by atoms with Crippen LogP contribution >= 0.6 is 0 Å². The first kappa shape index (κ1) is 25.2. The Hall–Kier alpha value is -5.13. The van der Waals surface area contributed by atoms with Gasteiger partial charge in [0, 0.05) is 37.3 Å². The van der Waals surface area contributed by atoms with Crippen molar-refractivity contribution in [3.05, 3.63) is 72.9 Å². The number of allylic oxidation sites excluding steroid dienone is 1. The molecule has 12 heteroatoms. The summed E-state index contributed by atoms with van der Waals surface area (Å²) in [6, 6.07) is 14.5. The smallest absolute Gasteiger partial charge is 0.359 e. The lowest BCUT2D eigenvalue weighted by molar-refractivity contribution is 0.0521. The van der Waals surface area contributed by atoms with Gasteiger partial charge in [-0.1, -0.05) is 24.8 Å². The number of rotatable bonds is 7. The quantitative estimate of drug-likeness (QED) is 0.233. The van der Waals surface area contributed by atoms with E-state index in [-0.39, 0.29) is 30.4 Å². The number of carbonyl (C=O) groups excluding carboxylic acids is 1. The van der Waals surface area contributed by atoms with E-state index in [0.717, 1.165) is 18.8 Å². The summed E-state index contributed by atoms with van der Waals surface area (Å²) in [6.45, 7) is 8.48. The maximum atomic E-state index is 12.8. The number of hydrogen-bond acceptors (Lipinski definition) is 10. The van der Waals surface area contributed by atoms with E-state index in [9.17, 15) is 15.0 Å². The summed E-state index contributed by atoms with van der Waals surface area (Å²) >= 11 is 0. The summed E-state index contributed by atoms with van der Waals surface area (Å²) in [7, 11) is 0. The monoisotopic (exact) mass is 540 g/mol. The van der Waals surface area contributed by atoms with Gasteiger partial charge in [0.15, 0.2) is 17.2 Å². The molecule has 40 heavy (non-hydrogen) atoms. The van der Waals surface area contributed by atoms with Crippen molar-refractivity contribution in [3.8, 4) is 11.6 Å². The van der Waals surface area contributed by atoms with Crippen molar-refractivity contribution in [2.45, 2.75) is 13.5 Å². The molecule has 4 heterocycles. The molecule has 0 saturated carbocycles. The van der Waals surface area contributed by atoms with Gasteiger partial charge in [-0.15, -0.1) is 0 Å². The number of benzene rings is 2. The minimum absolute atomic E-state index is 0.0442. The lowest BCUT2D eigenvalue weighted by Crippen LogP contribution is -2.47. The molecule has 2 aromatic carbocycles. The number of para-hydroxylation sites is 1. The predicted octanol–water partition coefficient (Wildman–Crippen LogP) is 3.45. The Morgan fingerprint density at radius 3 is 2.48 bits per heavy atom. The number of ether oxygens (including phenoxy) is 1. The molecule has 204 valence electrons. The van der Waals surface area contributed by atoms with Crippen LogP contribution in [0.5, 0.6) is 5.75 Å². The van der Waals surface area contributed by atoms with Gasteiger partial charge in [0.1, 0.15) is 17.0 Å². The number of imidazole rings is 1. The van der Waals surface area contributed by atoms with Crippen molar-refractivity contribution in [1.82, 2.24) is 29.3 Å². The molecular weight excluding hydrogens is 512 g/mol. The summed E-state index contributed by atoms with van der Waals surface area (Å²) < 4.78 is 8.59. The van der Waals surface area contributed by atoms with Crippen molar-refractivity contribution in [1.29, 1.82) is 0 Å². The van der Waals surface area contributed by atoms with Gasteiger partial charge < -0.3 is 29.3 Å². The van der Waals surface area contributed by atoms with Crippen LogP contribution < -0.4 is 9.80 Å². The number of phenolic OH excluding ortho intramolecular Hbond substituents is 1. The van der Waals surface area contributed by atoms with E-state index in [1.54, 1.807) is 34.6 Å². The Morgan fingerprint density at radius 2 is 1.75 bits per heavy atom. The zero-order valence-corrected chi connectivity index (χ0v) is 21.9. The van der Waals surface area contributed by atoms with Crippen LogP contribution in [0.4, 0.5) is 11.6 Å². The average molecular weight is 541 g/mol. The SMILES string of the molecule is C=C(O)Cn1cnc2nc(N3CCN(c4ccc(O)cc4)CC3)nc(-n3nc(C(=O)OCC)c4ccccc43)c21. The Bertz CT molecular complexity index is 1720. The normalized spacial score (nSPS) is 13.7. The number of aliphatic hydroxyl groups excluding tert-OH is 1. The topological polar surface area (TPSA) is 135 Å². The number of aliphatic hydroxyl groups is 1. The first-order valence-corrected chi connectivity index (χ1v) is 13.0.